The number of benzene rings is 2. The molecule has 2 aromatic heterocycles. The Morgan fingerprint density at radius 3 is 2.50 bits per heavy atom. The van der Waals surface area contributed by atoms with E-state index in [9.17, 15) is 4.79 Å². The summed E-state index contributed by atoms with van der Waals surface area (Å²) in [6.45, 7) is 2.71. The number of halogens is 1. The van der Waals surface area contributed by atoms with Crippen molar-refractivity contribution < 1.29 is 23.8 Å². The van der Waals surface area contributed by atoms with Crippen molar-refractivity contribution in [1.29, 1.82) is 0 Å². The van der Waals surface area contributed by atoms with Gasteiger partial charge in [0.1, 0.15) is 0 Å². The van der Waals surface area contributed by atoms with Gasteiger partial charge in [0.2, 0.25) is 11.8 Å². The average Bonchev–Trinajstić information content (AvgIpc) is 3.31. The molecule has 216 valence electrons. The lowest BCUT2D eigenvalue weighted by Crippen LogP contribution is -2.19. The van der Waals surface area contributed by atoms with Crippen LogP contribution in [0.3, 0.4) is 0 Å². The number of aromatic nitrogens is 3. The molecule has 1 unspecified atom stereocenters. The van der Waals surface area contributed by atoms with E-state index in [2.05, 4.69) is 17.0 Å². The van der Waals surface area contributed by atoms with Gasteiger partial charge in [-0.1, -0.05) is 36.8 Å². The zero-order valence-electron chi connectivity index (χ0n) is 23.8. The summed E-state index contributed by atoms with van der Waals surface area (Å²) >= 11 is 0. The molecule has 0 radical (unpaired) electrons. The Balaban J connectivity index is 1.55. The third-order valence-electron chi connectivity index (χ3n) is 8.36. The molecule has 1 N–H and O–H groups in total. The Hall–Kier alpha value is -4.30. The zero-order valence-corrected chi connectivity index (χ0v) is 23.8. The van der Waals surface area contributed by atoms with E-state index in [1.165, 1.54) is 5.57 Å². The number of fused-ring (bicyclic) bond motifs is 1. The molecule has 2 aliphatic rings. The molecule has 42 heavy (non-hydrogen) atoms. The molecule has 8 heteroatoms. The van der Waals surface area contributed by atoms with Crippen molar-refractivity contribution in [2.24, 2.45) is 5.92 Å². The van der Waals surface area contributed by atoms with Crippen molar-refractivity contribution in [2.45, 2.75) is 51.7 Å². The fraction of sp³-hybridized carbons (Fsp3) is 0.324. The second-order valence-electron chi connectivity index (χ2n) is 11.0. The summed E-state index contributed by atoms with van der Waals surface area (Å²) in [5.74, 6) is -0.633. The Labute approximate surface area is 244 Å². The van der Waals surface area contributed by atoms with Crippen LogP contribution in [0.2, 0.25) is 0 Å². The number of carboxylic acids is 1. The Morgan fingerprint density at radius 2 is 1.86 bits per heavy atom. The minimum atomic E-state index is -0.996. The summed E-state index contributed by atoms with van der Waals surface area (Å²) < 4.78 is 28.4. The molecule has 6 rings (SSSR count). The number of nitrogens with zero attached hydrogens (tertiary/aromatic N) is 3. The van der Waals surface area contributed by atoms with E-state index in [0.29, 0.717) is 29.3 Å². The molecule has 1 saturated heterocycles. The third kappa shape index (κ3) is 5.46. The van der Waals surface area contributed by atoms with E-state index in [-0.39, 0.29) is 6.23 Å². The van der Waals surface area contributed by atoms with E-state index in [1.807, 2.05) is 54.7 Å². The monoisotopic (exact) mass is 567 g/mol. The number of rotatable bonds is 8. The van der Waals surface area contributed by atoms with Crippen LogP contribution in [0.5, 0.6) is 5.88 Å². The predicted octanol–water partition coefficient (Wildman–Crippen LogP) is 7.44. The van der Waals surface area contributed by atoms with Crippen molar-refractivity contribution in [3.8, 4) is 5.88 Å². The summed E-state index contributed by atoms with van der Waals surface area (Å²) in [4.78, 5) is 15.6. The first kappa shape index (κ1) is 27.8. The normalized spacial score (nSPS) is 18.2. The molecular formula is C34H34FN3O4. The molecule has 2 aromatic carbocycles. The lowest BCUT2D eigenvalue weighted by Gasteiger charge is -2.32. The molecule has 4 aromatic rings. The summed E-state index contributed by atoms with van der Waals surface area (Å²) in [6.07, 6.45) is 10.4. The van der Waals surface area contributed by atoms with E-state index >= 15 is 4.39 Å². The summed E-state index contributed by atoms with van der Waals surface area (Å²) in [6, 6.07) is 15.6. The van der Waals surface area contributed by atoms with E-state index < -0.39 is 11.9 Å². The number of pyridine rings is 1. The highest BCUT2D eigenvalue weighted by Crippen LogP contribution is 2.46. The van der Waals surface area contributed by atoms with Gasteiger partial charge in [0.05, 0.1) is 18.0 Å². The second kappa shape index (κ2) is 11.9. The van der Waals surface area contributed by atoms with Gasteiger partial charge < -0.3 is 14.6 Å². The van der Waals surface area contributed by atoms with Gasteiger partial charge in [-0.15, -0.1) is 5.10 Å². The van der Waals surface area contributed by atoms with Crippen LogP contribution in [0.1, 0.15) is 72.6 Å². The first-order valence-corrected chi connectivity index (χ1v) is 14.5. The molecule has 1 saturated carbocycles. The van der Waals surface area contributed by atoms with Crippen molar-refractivity contribution in [3.05, 3.63) is 94.6 Å². The van der Waals surface area contributed by atoms with Crippen LogP contribution in [-0.2, 0) is 9.53 Å². The van der Waals surface area contributed by atoms with Gasteiger partial charge in [-0.05, 0) is 96.6 Å². The number of hydrogen-bond donors (Lipinski definition) is 1. The Bertz CT molecular complexity index is 1680. The largest absolute Gasteiger partial charge is 0.481 e. The molecule has 1 atom stereocenters. The Kier molecular flexibility index (Phi) is 7.89. The summed E-state index contributed by atoms with van der Waals surface area (Å²) in [7, 11) is 1.61. The molecule has 0 spiro atoms. The van der Waals surface area contributed by atoms with Crippen LogP contribution in [0.15, 0.2) is 60.8 Å². The fourth-order valence-corrected chi connectivity index (χ4v) is 5.98. The Morgan fingerprint density at radius 1 is 1.07 bits per heavy atom. The van der Waals surface area contributed by atoms with Crippen LogP contribution in [0, 0.1) is 18.8 Å². The smallest absolute Gasteiger partial charge is 0.328 e. The number of aryl methyl sites for hydroxylation is 1. The maximum absolute atomic E-state index is 15.4. The maximum Gasteiger partial charge on any atom is 0.328 e. The van der Waals surface area contributed by atoms with Crippen molar-refractivity contribution in [3.63, 3.8) is 0 Å². The molecule has 1 aliphatic heterocycles. The fourth-order valence-electron chi connectivity index (χ4n) is 5.98. The van der Waals surface area contributed by atoms with Crippen LogP contribution < -0.4 is 4.74 Å². The van der Waals surface area contributed by atoms with Crippen LogP contribution in [0.25, 0.3) is 28.1 Å². The second-order valence-corrected chi connectivity index (χ2v) is 11.0. The molecule has 2 fully saturated rings. The highest BCUT2D eigenvalue weighted by molar-refractivity contribution is 6.02. The van der Waals surface area contributed by atoms with Crippen molar-refractivity contribution in [1.82, 2.24) is 14.8 Å². The molecule has 0 amide bonds. The highest BCUT2D eigenvalue weighted by atomic mass is 19.1. The topological polar surface area (TPSA) is 86.5 Å². The zero-order chi connectivity index (χ0) is 29.2. The van der Waals surface area contributed by atoms with Gasteiger partial charge in [0.15, 0.2) is 6.23 Å². The third-order valence-corrected chi connectivity index (χ3v) is 8.36. The number of aliphatic carboxylic acids is 1. The lowest BCUT2D eigenvalue weighted by molar-refractivity contribution is -0.131. The SMILES string of the molecule is COc1cc(C)c(/C(=C(\c2ccc(/C=C/C(=O)O)cc2)c2ccc3c(c2)c(F)nn3C2CCCCO2)C2CCC2)cn1. The van der Waals surface area contributed by atoms with Crippen LogP contribution in [-0.4, -0.2) is 39.6 Å². The molecule has 1 aliphatic carbocycles. The molecular weight excluding hydrogens is 533 g/mol. The van der Waals surface area contributed by atoms with Gasteiger partial charge in [-0.25, -0.2) is 14.5 Å². The number of ether oxygens (including phenoxy) is 2. The van der Waals surface area contributed by atoms with E-state index in [1.54, 1.807) is 17.9 Å². The maximum atomic E-state index is 15.4. The number of allylic oxidation sites excluding steroid dienone is 1. The van der Waals surface area contributed by atoms with Gasteiger partial charge in [0.25, 0.3) is 0 Å². The quantitative estimate of drug-likeness (QED) is 0.223. The lowest BCUT2D eigenvalue weighted by atomic mass is 9.72. The molecule has 3 heterocycles. The summed E-state index contributed by atoms with van der Waals surface area (Å²) in [5.41, 5.74) is 7.61. The number of methoxy groups -OCH3 is 1. The first-order valence-electron chi connectivity index (χ1n) is 14.5. The highest BCUT2D eigenvalue weighted by Gasteiger charge is 2.29. The average molecular weight is 568 g/mol. The van der Waals surface area contributed by atoms with E-state index in [4.69, 9.17) is 14.6 Å². The number of hydrogen-bond acceptors (Lipinski definition) is 5. The summed E-state index contributed by atoms with van der Waals surface area (Å²) in [5, 5.41) is 13.8. The number of carboxylic acid groups (broad SMARTS) is 1. The van der Waals surface area contributed by atoms with Gasteiger partial charge in [-0.3, -0.25) is 0 Å². The molecule has 0 bridgehead atoms. The van der Waals surface area contributed by atoms with Gasteiger partial charge in [0, 0.05) is 30.5 Å². The predicted molar refractivity (Wildman–Crippen MR) is 160 cm³/mol. The van der Waals surface area contributed by atoms with Gasteiger partial charge in [-0.2, -0.15) is 4.39 Å². The minimum Gasteiger partial charge on any atom is -0.481 e. The van der Waals surface area contributed by atoms with Gasteiger partial charge >= 0.3 is 5.97 Å². The van der Waals surface area contributed by atoms with Crippen molar-refractivity contribution >= 4 is 34.1 Å². The molecule has 7 nitrogen and oxygen atoms in total. The standard InChI is InChI=1S/C34H34FN3O4/c1-21-18-29(41-2)36-20-27(21)33(23-6-5-7-23)32(24-12-9-22(10-13-24)11-16-31(39)40)25-14-15-28-26(19-25)34(35)37-38(28)30-8-3-4-17-42-30/h9-16,18-20,23,30H,3-8,17H2,1-2H3,(H,39,40)/b16-11+,33-32+. The van der Waals surface area contributed by atoms with E-state index in [0.717, 1.165) is 78.0 Å². The number of carbonyl (C=O) groups is 1. The first-order chi connectivity index (χ1) is 20.4. The van der Waals surface area contributed by atoms with Crippen LogP contribution in [0.4, 0.5) is 4.39 Å². The van der Waals surface area contributed by atoms with Crippen molar-refractivity contribution in [2.75, 3.05) is 13.7 Å². The van der Waals surface area contributed by atoms with Crippen LogP contribution >= 0.6 is 0 Å². The minimum absolute atomic E-state index is 0.267.